The summed E-state index contributed by atoms with van der Waals surface area (Å²) in [7, 11) is 0. The van der Waals surface area contributed by atoms with Gasteiger partial charge in [-0.3, -0.25) is 4.79 Å². The molecular weight excluding hydrogens is 220 g/mol. The van der Waals surface area contributed by atoms with Crippen molar-refractivity contribution in [2.45, 2.75) is 13.3 Å². The van der Waals surface area contributed by atoms with Crippen molar-refractivity contribution >= 4 is 11.4 Å². The van der Waals surface area contributed by atoms with Gasteiger partial charge in [-0.2, -0.15) is 0 Å². The molecule has 0 aliphatic heterocycles. The number of rotatable bonds is 4. The second-order valence-electron chi connectivity index (χ2n) is 4.12. The first-order valence-electron chi connectivity index (χ1n) is 6.16. The fourth-order valence-corrected chi connectivity index (χ4v) is 1.89. The lowest BCUT2D eigenvalue weighted by Gasteiger charge is -2.04. The zero-order valence-corrected chi connectivity index (χ0v) is 10.5. The average Bonchev–Trinajstić information content (AvgIpc) is 2.46. The van der Waals surface area contributed by atoms with E-state index in [2.05, 4.69) is 6.92 Å². The van der Waals surface area contributed by atoms with Gasteiger partial charge in [-0.1, -0.05) is 67.6 Å². The van der Waals surface area contributed by atoms with E-state index in [0.29, 0.717) is 0 Å². The van der Waals surface area contributed by atoms with Crippen molar-refractivity contribution in [2.75, 3.05) is 0 Å². The molecule has 18 heavy (non-hydrogen) atoms. The Morgan fingerprint density at radius 2 is 1.39 bits per heavy atom. The van der Waals surface area contributed by atoms with E-state index in [0.717, 1.165) is 23.1 Å². The minimum Gasteiger partial charge on any atom is -0.289 e. The summed E-state index contributed by atoms with van der Waals surface area (Å²) in [4.78, 5) is 12.1. The molecule has 2 aromatic rings. The van der Waals surface area contributed by atoms with E-state index in [1.807, 2.05) is 60.7 Å². The van der Waals surface area contributed by atoms with Gasteiger partial charge >= 0.3 is 0 Å². The molecule has 0 aliphatic rings. The molecule has 0 bridgehead atoms. The Morgan fingerprint density at radius 1 is 0.889 bits per heavy atom. The second kappa shape index (κ2) is 5.97. The van der Waals surface area contributed by atoms with Crippen molar-refractivity contribution in [3.63, 3.8) is 0 Å². The lowest BCUT2D eigenvalue weighted by molar-refractivity contribution is 0.104. The number of hydrogen-bond donors (Lipinski definition) is 0. The first-order chi connectivity index (χ1) is 8.81. The monoisotopic (exact) mass is 236 g/mol. The minimum absolute atomic E-state index is 0.0660. The molecule has 0 unspecified atom stereocenters. The van der Waals surface area contributed by atoms with Crippen LogP contribution in [0.1, 0.15) is 29.3 Å². The van der Waals surface area contributed by atoms with E-state index in [1.54, 1.807) is 6.08 Å². The van der Waals surface area contributed by atoms with Crippen LogP contribution in [-0.2, 0) is 0 Å². The molecule has 0 saturated heterocycles. The summed E-state index contributed by atoms with van der Waals surface area (Å²) in [5.41, 5.74) is 2.92. The molecule has 0 saturated carbocycles. The molecular formula is C17H16O. The smallest absolute Gasteiger partial charge is 0.186 e. The molecule has 0 fully saturated rings. The van der Waals surface area contributed by atoms with Crippen LogP contribution >= 0.6 is 0 Å². The summed E-state index contributed by atoms with van der Waals surface area (Å²) in [6.45, 7) is 2.07. The molecule has 0 aromatic heterocycles. The SMILES string of the molecule is CC/C(=C\C(=O)c1ccccc1)c1ccccc1. The molecule has 0 radical (unpaired) electrons. The first kappa shape index (κ1) is 12.3. The van der Waals surface area contributed by atoms with Crippen LogP contribution in [0, 0.1) is 0 Å². The van der Waals surface area contributed by atoms with Crippen molar-refractivity contribution in [3.8, 4) is 0 Å². The highest BCUT2D eigenvalue weighted by atomic mass is 16.1. The maximum atomic E-state index is 12.1. The molecule has 1 nitrogen and oxygen atoms in total. The summed E-state index contributed by atoms with van der Waals surface area (Å²) >= 11 is 0. The molecule has 0 spiro atoms. The second-order valence-corrected chi connectivity index (χ2v) is 4.12. The quantitative estimate of drug-likeness (QED) is 0.569. The lowest BCUT2D eigenvalue weighted by Crippen LogP contribution is -1.96. The van der Waals surface area contributed by atoms with Crippen LogP contribution in [-0.4, -0.2) is 5.78 Å². The largest absolute Gasteiger partial charge is 0.289 e. The van der Waals surface area contributed by atoms with E-state index in [4.69, 9.17) is 0 Å². The van der Waals surface area contributed by atoms with Crippen LogP contribution < -0.4 is 0 Å². The van der Waals surface area contributed by atoms with Crippen LogP contribution in [0.3, 0.4) is 0 Å². The summed E-state index contributed by atoms with van der Waals surface area (Å²) in [6, 6.07) is 19.4. The van der Waals surface area contributed by atoms with Crippen molar-refractivity contribution in [3.05, 3.63) is 77.9 Å². The van der Waals surface area contributed by atoms with Gasteiger partial charge in [0.2, 0.25) is 0 Å². The molecule has 1 heteroatoms. The fraction of sp³-hybridized carbons (Fsp3) is 0.118. The van der Waals surface area contributed by atoms with E-state index in [9.17, 15) is 4.79 Å². The fourth-order valence-electron chi connectivity index (χ4n) is 1.89. The lowest BCUT2D eigenvalue weighted by atomic mass is 10.00. The Hall–Kier alpha value is -2.15. The summed E-state index contributed by atoms with van der Waals surface area (Å²) in [5, 5.41) is 0. The number of allylic oxidation sites excluding steroid dienone is 2. The topological polar surface area (TPSA) is 17.1 Å². The zero-order valence-electron chi connectivity index (χ0n) is 10.5. The summed E-state index contributed by atoms with van der Waals surface area (Å²) < 4.78 is 0. The maximum Gasteiger partial charge on any atom is 0.186 e. The van der Waals surface area contributed by atoms with E-state index < -0.39 is 0 Å². The van der Waals surface area contributed by atoms with Gasteiger partial charge in [0.25, 0.3) is 0 Å². The van der Waals surface area contributed by atoms with Gasteiger partial charge in [-0.25, -0.2) is 0 Å². The Bertz CT molecular complexity index is 538. The standard InChI is InChI=1S/C17H16O/c1-2-14(15-9-5-3-6-10-15)13-17(18)16-11-7-4-8-12-16/h3-13H,2H2,1H3/b14-13+. The minimum atomic E-state index is 0.0660. The predicted octanol–water partition coefficient (Wildman–Crippen LogP) is 4.36. The highest BCUT2D eigenvalue weighted by Crippen LogP contribution is 2.18. The number of carbonyl (C=O) groups excluding carboxylic acids is 1. The van der Waals surface area contributed by atoms with E-state index in [1.165, 1.54) is 0 Å². The van der Waals surface area contributed by atoms with Gasteiger partial charge in [0.1, 0.15) is 0 Å². The summed E-state index contributed by atoms with van der Waals surface area (Å²) in [5.74, 6) is 0.0660. The highest BCUT2D eigenvalue weighted by Gasteiger charge is 2.04. The van der Waals surface area contributed by atoms with Crippen LogP contribution in [0.15, 0.2) is 66.7 Å². The highest BCUT2D eigenvalue weighted by molar-refractivity contribution is 6.08. The van der Waals surface area contributed by atoms with Gasteiger partial charge in [-0.05, 0) is 23.6 Å². The zero-order chi connectivity index (χ0) is 12.8. The molecule has 90 valence electrons. The third-order valence-electron chi connectivity index (χ3n) is 2.89. The van der Waals surface area contributed by atoms with Gasteiger partial charge in [0.05, 0.1) is 0 Å². The van der Waals surface area contributed by atoms with Crippen molar-refractivity contribution < 1.29 is 4.79 Å². The first-order valence-corrected chi connectivity index (χ1v) is 6.16. The number of ketones is 1. The molecule has 0 amide bonds. The third kappa shape index (κ3) is 2.95. The van der Waals surface area contributed by atoms with Crippen molar-refractivity contribution in [2.24, 2.45) is 0 Å². The van der Waals surface area contributed by atoms with Crippen molar-refractivity contribution in [1.82, 2.24) is 0 Å². The van der Waals surface area contributed by atoms with Crippen LogP contribution in [0.4, 0.5) is 0 Å². The van der Waals surface area contributed by atoms with Gasteiger partial charge in [0.15, 0.2) is 5.78 Å². The molecule has 0 heterocycles. The van der Waals surface area contributed by atoms with Gasteiger partial charge in [-0.15, -0.1) is 0 Å². The number of hydrogen-bond acceptors (Lipinski definition) is 1. The Balaban J connectivity index is 2.29. The molecule has 0 N–H and O–H groups in total. The summed E-state index contributed by atoms with van der Waals surface area (Å²) in [6.07, 6.45) is 2.59. The van der Waals surface area contributed by atoms with Crippen molar-refractivity contribution in [1.29, 1.82) is 0 Å². The normalized spacial score (nSPS) is 11.3. The van der Waals surface area contributed by atoms with Gasteiger partial charge in [0, 0.05) is 5.56 Å². The average molecular weight is 236 g/mol. The number of carbonyl (C=O) groups is 1. The molecule has 0 atom stereocenters. The van der Waals surface area contributed by atoms with E-state index in [-0.39, 0.29) is 5.78 Å². The molecule has 0 aliphatic carbocycles. The molecule has 2 aromatic carbocycles. The van der Waals surface area contributed by atoms with Crippen LogP contribution in [0.25, 0.3) is 5.57 Å². The Morgan fingerprint density at radius 3 is 1.89 bits per heavy atom. The third-order valence-corrected chi connectivity index (χ3v) is 2.89. The molecule has 2 rings (SSSR count). The Labute approximate surface area is 108 Å². The maximum absolute atomic E-state index is 12.1. The number of benzene rings is 2. The van der Waals surface area contributed by atoms with Crippen LogP contribution in [0.2, 0.25) is 0 Å². The van der Waals surface area contributed by atoms with Crippen LogP contribution in [0.5, 0.6) is 0 Å². The van der Waals surface area contributed by atoms with Gasteiger partial charge < -0.3 is 0 Å². The predicted molar refractivity (Wildman–Crippen MR) is 75.5 cm³/mol. The van der Waals surface area contributed by atoms with E-state index >= 15 is 0 Å². The Kier molecular flexibility index (Phi) is 4.08.